The van der Waals surface area contributed by atoms with Gasteiger partial charge in [-0.2, -0.15) is 0 Å². The summed E-state index contributed by atoms with van der Waals surface area (Å²) < 4.78 is 35.6. The van der Waals surface area contributed by atoms with E-state index >= 15 is 0 Å². The molecule has 202 valence electrons. The Bertz CT molecular complexity index is 1060. The molecule has 2 saturated heterocycles. The summed E-state index contributed by atoms with van der Waals surface area (Å²) >= 11 is 0. The fraction of sp³-hybridized carbons (Fsp3) is 0.586. The highest BCUT2D eigenvalue weighted by Crippen LogP contribution is 2.54. The molecule has 1 unspecified atom stereocenters. The SMILES string of the molecule is CC(C)[Si]1(C(C)C)OC[C@H]2O[C@H]3c4ccccc4P(c4ccccc4)O[C@@H]3[C@@H]2O[Si](C(C)C)(C(C)C)O1. The number of hydrogen-bond acceptors (Lipinski definition) is 5. The van der Waals surface area contributed by atoms with Crippen LogP contribution in [-0.2, 0) is 22.2 Å². The summed E-state index contributed by atoms with van der Waals surface area (Å²) in [7, 11) is -6.34. The second kappa shape index (κ2) is 10.6. The van der Waals surface area contributed by atoms with E-state index in [-0.39, 0.29) is 35.5 Å². The van der Waals surface area contributed by atoms with Crippen LogP contribution < -0.4 is 10.6 Å². The van der Waals surface area contributed by atoms with Crippen LogP contribution in [0.5, 0.6) is 0 Å². The maximum atomic E-state index is 7.41. The molecule has 0 N–H and O–H groups in total. The number of rotatable bonds is 5. The third-order valence-electron chi connectivity index (χ3n) is 8.32. The Morgan fingerprint density at radius 3 is 1.95 bits per heavy atom. The summed E-state index contributed by atoms with van der Waals surface area (Å²) in [5.74, 6) is 0. The van der Waals surface area contributed by atoms with Gasteiger partial charge in [-0.1, -0.05) is 110 Å². The van der Waals surface area contributed by atoms with Gasteiger partial charge in [-0.15, -0.1) is 0 Å². The number of fused-ring (bicyclic) bond motifs is 5. The van der Waals surface area contributed by atoms with Gasteiger partial charge < -0.3 is 22.2 Å². The first-order valence-corrected chi connectivity index (χ1v) is 19.1. The van der Waals surface area contributed by atoms with Crippen molar-refractivity contribution in [2.24, 2.45) is 0 Å². The second-order valence-corrected chi connectivity index (χ2v) is 22.6. The first kappa shape index (κ1) is 27.7. The topological polar surface area (TPSA) is 46.2 Å². The maximum absolute atomic E-state index is 7.41. The monoisotopic (exact) mass is 558 g/mol. The minimum Gasteiger partial charge on any atom is -0.414 e. The molecule has 0 spiro atoms. The molecule has 3 aliphatic rings. The van der Waals surface area contributed by atoms with Crippen molar-refractivity contribution in [1.82, 2.24) is 0 Å². The van der Waals surface area contributed by atoms with Crippen LogP contribution in [-0.4, -0.2) is 42.0 Å². The Hall–Kier alpha value is -0.896. The molecule has 5 atom stereocenters. The van der Waals surface area contributed by atoms with Crippen LogP contribution in [0.3, 0.4) is 0 Å². The van der Waals surface area contributed by atoms with Gasteiger partial charge in [0.05, 0.1) is 14.8 Å². The Kier molecular flexibility index (Phi) is 7.91. The van der Waals surface area contributed by atoms with E-state index in [1.165, 1.54) is 16.2 Å². The van der Waals surface area contributed by atoms with Gasteiger partial charge in [0.1, 0.15) is 24.4 Å². The van der Waals surface area contributed by atoms with Crippen molar-refractivity contribution >= 4 is 35.9 Å². The third-order valence-corrected chi connectivity index (χ3v) is 20.6. The fourth-order valence-corrected chi connectivity index (χ4v) is 19.7. The zero-order valence-electron chi connectivity index (χ0n) is 23.5. The molecule has 5 nitrogen and oxygen atoms in total. The van der Waals surface area contributed by atoms with Crippen LogP contribution in [0.4, 0.5) is 0 Å². The average Bonchev–Trinajstić information content (AvgIpc) is 3.20. The van der Waals surface area contributed by atoms with E-state index in [1.807, 2.05) is 0 Å². The number of benzene rings is 2. The second-order valence-electron chi connectivity index (χ2n) is 11.9. The van der Waals surface area contributed by atoms with Gasteiger partial charge in [0.15, 0.2) is 0 Å². The van der Waals surface area contributed by atoms with E-state index < -0.39 is 25.3 Å². The standard InChI is InChI=1S/C29H43O5PSi2/c1-19(2)36(20(3)4)30-18-25-28(33-37(34-36,21(5)6)22(7)8)29-27(31-25)24-16-12-13-17-26(24)35(32-29)23-14-10-9-11-15-23/h9-17,19-22,25,27-29H,18H2,1-8H3/t25-,27+,28-,29+,35?/m1/s1. The van der Waals surface area contributed by atoms with Crippen molar-refractivity contribution < 1.29 is 22.2 Å². The van der Waals surface area contributed by atoms with Crippen molar-refractivity contribution in [2.45, 2.75) is 102 Å². The lowest BCUT2D eigenvalue weighted by Crippen LogP contribution is -2.66. The molecule has 0 radical (unpaired) electrons. The van der Waals surface area contributed by atoms with Crippen molar-refractivity contribution in [1.29, 1.82) is 0 Å². The summed E-state index contributed by atoms with van der Waals surface area (Å²) in [6, 6.07) is 19.2. The molecule has 2 aromatic carbocycles. The van der Waals surface area contributed by atoms with Crippen molar-refractivity contribution in [3.8, 4) is 0 Å². The van der Waals surface area contributed by atoms with Gasteiger partial charge in [0, 0.05) is 10.6 Å². The minimum atomic E-state index is -2.75. The normalized spacial score (nSPS) is 30.6. The van der Waals surface area contributed by atoms with E-state index in [1.54, 1.807) is 0 Å². The highest BCUT2D eigenvalue weighted by Gasteiger charge is 2.63. The summed E-state index contributed by atoms with van der Waals surface area (Å²) in [6.07, 6.45) is -0.785. The molecule has 3 aliphatic heterocycles. The van der Waals surface area contributed by atoms with Crippen LogP contribution in [0, 0.1) is 0 Å². The summed E-state index contributed by atoms with van der Waals surface area (Å²) in [6.45, 7) is 18.6. The molecule has 8 heteroatoms. The zero-order chi connectivity index (χ0) is 26.5. The molecular formula is C29H43O5PSi2. The molecule has 2 fully saturated rings. The zero-order valence-corrected chi connectivity index (χ0v) is 26.4. The Morgan fingerprint density at radius 1 is 0.730 bits per heavy atom. The maximum Gasteiger partial charge on any atom is 0.335 e. The van der Waals surface area contributed by atoms with E-state index in [2.05, 4.69) is 110 Å². The predicted octanol–water partition coefficient (Wildman–Crippen LogP) is 6.83. The van der Waals surface area contributed by atoms with Gasteiger partial charge in [-0.05, 0) is 27.7 Å². The van der Waals surface area contributed by atoms with Crippen LogP contribution >= 0.6 is 8.15 Å². The Morgan fingerprint density at radius 2 is 1.32 bits per heavy atom. The lowest BCUT2D eigenvalue weighted by Gasteiger charge is -2.51. The minimum absolute atomic E-state index is 0.171. The molecule has 0 aromatic heterocycles. The highest BCUT2D eigenvalue weighted by molar-refractivity contribution is 7.68. The van der Waals surface area contributed by atoms with Gasteiger partial charge in [0.2, 0.25) is 0 Å². The summed E-state index contributed by atoms with van der Waals surface area (Å²) in [5.41, 5.74) is 2.38. The number of ether oxygens (including phenoxy) is 1. The first-order valence-electron chi connectivity index (χ1n) is 13.9. The quantitative estimate of drug-likeness (QED) is 0.297. The van der Waals surface area contributed by atoms with E-state index in [0.717, 1.165) is 0 Å². The smallest absolute Gasteiger partial charge is 0.335 e. The largest absolute Gasteiger partial charge is 0.414 e. The lowest BCUT2D eigenvalue weighted by molar-refractivity contribution is -0.0385. The number of hydrogen-bond donors (Lipinski definition) is 0. The van der Waals surface area contributed by atoms with Crippen molar-refractivity contribution in [2.75, 3.05) is 6.61 Å². The molecule has 0 saturated carbocycles. The van der Waals surface area contributed by atoms with Crippen LogP contribution in [0.15, 0.2) is 54.6 Å². The van der Waals surface area contributed by atoms with Gasteiger partial charge >= 0.3 is 17.1 Å². The third kappa shape index (κ3) is 4.63. The first-order chi connectivity index (χ1) is 17.6. The Labute approximate surface area is 226 Å². The molecule has 37 heavy (non-hydrogen) atoms. The van der Waals surface area contributed by atoms with Crippen molar-refractivity contribution in [3.63, 3.8) is 0 Å². The Balaban J connectivity index is 1.59. The molecule has 3 heterocycles. The van der Waals surface area contributed by atoms with Gasteiger partial charge in [0.25, 0.3) is 0 Å². The van der Waals surface area contributed by atoms with E-state index in [4.69, 9.17) is 22.2 Å². The molecule has 0 bridgehead atoms. The van der Waals surface area contributed by atoms with Gasteiger partial charge in [-0.25, -0.2) is 0 Å². The van der Waals surface area contributed by atoms with Crippen molar-refractivity contribution in [3.05, 3.63) is 60.2 Å². The van der Waals surface area contributed by atoms with E-state index in [0.29, 0.717) is 17.7 Å². The van der Waals surface area contributed by atoms with E-state index in [9.17, 15) is 0 Å². The predicted molar refractivity (Wildman–Crippen MR) is 155 cm³/mol. The molecule has 5 rings (SSSR count). The van der Waals surface area contributed by atoms with Crippen LogP contribution in [0.25, 0.3) is 0 Å². The lowest BCUT2D eigenvalue weighted by atomic mass is 10.0. The van der Waals surface area contributed by atoms with Gasteiger partial charge in [-0.3, -0.25) is 0 Å². The molecular weight excluding hydrogens is 515 g/mol. The molecule has 0 amide bonds. The molecule has 0 aliphatic carbocycles. The summed E-state index contributed by atoms with van der Waals surface area (Å²) in [5, 5.41) is 2.45. The average molecular weight is 559 g/mol. The van der Waals surface area contributed by atoms with Crippen LogP contribution in [0.1, 0.15) is 67.1 Å². The fourth-order valence-electron chi connectivity index (χ4n) is 6.36. The summed E-state index contributed by atoms with van der Waals surface area (Å²) in [4.78, 5) is 0. The van der Waals surface area contributed by atoms with Crippen LogP contribution in [0.2, 0.25) is 22.2 Å². The molecule has 2 aromatic rings. The highest BCUT2D eigenvalue weighted by atomic mass is 31.1.